The molecule has 0 aliphatic heterocycles. The Balaban J connectivity index is 0.000000256. The van der Waals surface area contributed by atoms with Crippen molar-refractivity contribution in [2.45, 2.75) is 130 Å². The molecule has 2 amide bonds. The second-order valence-corrected chi connectivity index (χ2v) is 16.7. The summed E-state index contributed by atoms with van der Waals surface area (Å²) in [5.41, 5.74) is 0. The summed E-state index contributed by atoms with van der Waals surface area (Å²) >= 11 is 3.16. The van der Waals surface area contributed by atoms with Crippen LogP contribution in [-0.4, -0.2) is 58.3 Å². The zero-order valence-corrected chi connectivity index (χ0v) is 30.5. The number of thioether (sulfide) groups is 2. The fourth-order valence-electron chi connectivity index (χ4n) is 5.51. The van der Waals surface area contributed by atoms with Crippen LogP contribution in [0.3, 0.4) is 0 Å². The Bertz CT molecular complexity index is 1220. The third-order valence-electron chi connectivity index (χ3n) is 8.31. The van der Waals surface area contributed by atoms with E-state index in [1.54, 1.807) is 29.6 Å². The van der Waals surface area contributed by atoms with Gasteiger partial charge in [-0.1, -0.05) is 51.2 Å². The molecule has 4 rings (SSSR count). The monoisotopic (exact) mass is 684 g/mol. The van der Waals surface area contributed by atoms with Crippen molar-refractivity contribution in [3.63, 3.8) is 0 Å². The summed E-state index contributed by atoms with van der Waals surface area (Å²) in [6, 6.07) is 16.3. The Morgan fingerprint density at radius 2 is 1.15 bits per heavy atom. The number of hydrogen-bond donors (Lipinski definition) is 3. The number of nitrogens with one attached hydrogen (secondary N) is 2. The maximum absolute atomic E-state index is 12.6. The summed E-state index contributed by atoms with van der Waals surface area (Å²) in [6.45, 7) is 12.7. The topological polar surface area (TPSA) is 96.9 Å². The molecule has 0 aromatic heterocycles. The van der Waals surface area contributed by atoms with Gasteiger partial charge in [0.2, 0.25) is 11.8 Å². The van der Waals surface area contributed by atoms with E-state index < -0.39 is 9.49 Å². The highest BCUT2D eigenvalue weighted by Crippen LogP contribution is 2.35. The first-order valence-electron chi connectivity index (χ1n) is 17.2. The van der Waals surface area contributed by atoms with Gasteiger partial charge in [-0.05, 0) is 102 Å². The Labute approximate surface area is 291 Å². The first kappa shape index (κ1) is 38.8. The molecule has 0 spiro atoms. The Hall–Kier alpha value is -2.62. The Morgan fingerprint density at radius 1 is 0.745 bits per heavy atom. The lowest BCUT2D eigenvalue weighted by Crippen LogP contribution is -2.45. The maximum Gasteiger partial charge on any atom is 0.236 e. The molecule has 0 heterocycles. The SMILES string of the molecule is C=CCOc1ccc(SC(C)(C)C(=O)NC2CCCCC2)cc1.CC(C)(Sc1ccc(OCCCO)cc1)C(=O)NC1CCCCC1. The predicted molar refractivity (Wildman–Crippen MR) is 196 cm³/mol. The third kappa shape index (κ3) is 14.2. The van der Waals surface area contributed by atoms with Crippen LogP contribution in [0.2, 0.25) is 0 Å². The van der Waals surface area contributed by atoms with Crippen molar-refractivity contribution in [1.82, 2.24) is 10.6 Å². The lowest BCUT2D eigenvalue weighted by Gasteiger charge is -2.29. The molecule has 2 aromatic carbocycles. The molecular formula is C38H56N2O5S2. The Kier molecular flexibility index (Phi) is 16.5. The summed E-state index contributed by atoms with van der Waals surface area (Å²) < 4.78 is 10.0. The molecule has 47 heavy (non-hydrogen) atoms. The number of aliphatic hydroxyl groups is 1. The zero-order valence-electron chi connectivity index (χ0n) is 28.9. The summed E-state index contributed by atoms with van der Waals surface area (Å²) in [6.07, 6.45) is 14.3. The number of carbonyl (C=O) groups is 2. The molecule has 3 N–H and O–H groups in total. The van der Waals surface area contributed by atoms with E-state index in [1.165, 1.54) is 38.5 Å². The number of benzene rings is 2. The van der Waals surface area contributed by atoms with Crippen LogP contribution in [0.15, 0.2) is 71.0 Å². The predicted octanol–water partition coefficient (Wildman–Crippen LogP) is 8.34. The summed E-state index contributed by atoms with van der Waals surface area (Å²) in [5.74, 6) is 1.85. The van der Waals surface area contributed by atoms with Crippen LogP contribution in [0.1, 0.15) is 98.3 Å². The van der Waals surface area contributed by atoms with Gasteiger partial charge in [-0.3, -0.25) is 9.59 Å². The van der Waals surface area contributed by atoms with E-state index in [4.69, 9.17) is 14.6 Å². The molecule has 0 atom stereocenters. The van der Waals surface area contributed by atoms with Gasteiger partial charge in [0, 0.05) is 34.9 Å². The fourth-order valence-corrected chi connectivity index (χ4v) is 7.54. The van der Waals surface area contributed by atoms with E-state index >= 15 is 0 Å². The van der Waals surface area contributed by atoms with E-state index in [0.717, 1.165) is 47.0 Å². The molecule has 0 saturated heterocycles. The zero-order chi connectivity index (χ0) is 34.1. The minimum absolute atomic E-state index is 0.114. The van der Waals surface area contributed by atoms with Gasteiger partial charge in [0.1, 0.15) is 18.1 Å². The lowest BCUT2D eigenvalue weighted by atomic mass is 9.95. The highest BCUT2D eigenvalue weighted by Gasteiger charge is 2.32. The largest absolute Gasteiger partial charge is 0.494 e. The van der Waals surface area contributed by atoms with Gasteiger partial charge < -0.3 is 25.2 Å². The van der Waals surface area contributed by atoms with Crippen molar-refractivity contribution in [1.29, 1.82) is 0 Å². The van der Waals surface area contributed by atoms with E-state index in [2.05, 4.69) is 17.2 Å². The second-order valence-electron chi connectivity index (χ2n) is 13.3. The smallest absolute Gasteiger partial charge is 0.236 e. The molecule has 260 valence electrons. The van der Waals surface area contributed by atoms with Crippen molar-refractivity contribution >= 4 is 35.3 Å². The minimum Gasteiger partial charge on any atom is -0.494 e. The molecular weight excluding hydrogens is 629 g/mol. The van der Waals surface area contributed by atoms with Gasteiger partial charge in [0.15, 0.2) is 0 Å². The van der Waals surface area contributed by atoms with Crippen LogP contribution >= 0.6 is 23.5 Å². The summed E-state index contributed by atoms with van der Waals surface area (Å²) in [4.78, 5) is 27.3. The van der Waals surface area contributed by atoms with Crippen LogP contribution < -0.4 is 20.1 Å². The van der Waals surface area contributed by atoms with E-state index in [1.807, 2.05) is 76.2 Å². The molecule has 0 bridgehead atoms. The van der Waals surface area contributed by atoms with Gasteiger partial charge in [-0.2, -0.15) is 0 Å². The summed E-state index contributed by atoms with van der Waals surface area (Å²) in [5, 5.41) is 15.2. The van der Waals surface area contributed by atoms with Gasteiger partial charge in [-0.15, -0.1) is 23.5 Å². The van der Waals surface area contributed by atoms with Crippen LogP contribution in [0.5, 0.6) is 11.5 Å². The molecule has 2 fully saturated rings. The number of aliphatic hydroxyl groups excluding tert-OH is 1. The summed E-state index contributed by atoms with van der Waals surface area (Å²) in [7, 11) is 0. The molecule has 2 aliphatic rings. The number of rotatable bonds is 15. The average Bonchev–Trinajstić information content (AvgIpc) is 3.06. The molecule has 0 unspecified atom stereocenters. The quantitative estimate of drug-likeness (QED) is 0.0986. The first-order chi connectivity index (χ1) is 22.5. The molecule has 0 radical (unpaired) electrons. The van der Waals surface area contributed by atoms with Gasteiger partial charge in [-0.25, -0.2) is 0 Å². The molecule has 2 saturated carbocycles. The van der Waals surface area contributed by atoms with Crippen LogP contribution in [-0.2, 0) is 9.59 Å². The number of amides is 2. The van der Waals surface area contributed by atoms with Crippen LogP contribution in [0.25, 0.3) is 0 Å². The third-order valence-corrected chi connectivity index (χ3v) is 10.7. The molecule has 2 aromatic rings. The van der Waals surface area contributed by atoms with Crippen molar-refractivity contribution < 1.29 is 24.2 Å². The van der Waals surface area contributed by atoms with Crippen molar-refractivity contribution in [3.8, 4) is 11.5 Å². The minimum atomic E-state index is -0.503. The Morgan fingerprint density at radius 3 is 1.53 bits per heavy atom. The molecule has 2 aliphatic carbocycles. The van der Waals surface area contributed by atoms with E-state index in [9.17, 15) is 9.59 Å². The molecule has 9 heteroatoms. The lowest BCUT2D eigenvalue weighted by molar-refractivity contribution is -0.124. The average molecular weight is 685 g/mol. The van der Waals surface area contributed by atoms with Crippen molar-refractivity contribution in [2.24, 2.45) is 0 Å². The van der Waals surface area contributed by atoms with Crippen molar-refractivity contribution in [2.75, 3.05) is 19.8 Å². The molecule has 7 nitrogen and oxygen atoms in total. The fraction of sp³-hybridized carbons (Fsp3) is 0.579. The van der Waals surface area contributed by atoms with Crippen molar-refractivity contribution in [3.05, 3.63) is 61.2 Å². The van der Waals surface area contributed by atoms with Crippen LogP contribution in [0.4, 0.5) is 0 Å². The van der Waals surface area contributed by atoms with Crippen LogP contribution in [0, 0.1) is 0 Å². The highest BCUT2D eigenvalue weighted by molar-refractivity contribution is 8.01. The number of ether oxygens (including phenoxy) is 2. The van der Waals surface area contributed by atoms with Gasteiger partial charge in [0.05, 0.1) is 16.1 Å². The maximum atomic E-state index is 12.6. The number of carbonyl (C=O) groups excluding carboxylic acids is 2. The highest BCUT2D eigenvalue weighted by atomic mass is 32.2. The normalized spacial score (nSPS) is 15.9. The standard InChI is InChI=1S/C19H29NO3S.C19H27NO2S/c1-19(2,18(22)20-15-7-4-3-5-8-15)24-17-11-9-16(10-12-17)23-14-6-13-21;1-4-14-22-16-10-12-17(13-11-16)23-19(2,3)18(21)20-15-8-6-5-7-9-15/h9-12,15,21H,3-8,13-14H2,1-2H3,(H,20,22);4,10-13,15H,1,5-9,14H2,2-3H3,(H,20,21). The number of hydrogen-bond acceptors (Lipinski definition) is 7. The second kappa shape index (κ2) is 20.0. The van der Waals surface area contributed by atoms with Gasteiger partial charge >= 0.3 is 0 Å². The van der Waals surface area contributed by atoms with Gasteiger partial charge in [0.25, 0.3) is 0 Å². The first-order valence-corrected chi connectivity index (χ1v) is 18.8. The van der Waals surface area contributed by atoms with E-state index in [-0.39, 0.29) is 18.4 Å². The van der Waals surface area contributed by atoms with E-state index in [0.29, 0.717) is 31.7 Å².